The van der Waals surface area contributed by atoms with E-state index < -0.39 is 0 Å². The standard InChI is InChI=1S/C25H34N2.C14H24O/c1-3-11-23(12-4-2)27(24-15-9-6-10-16-24)25-18-20-26(21-25)19-17-22-13-7-5-8-14-22;1-4-6-8-10-14(9-7-5-2)12-11-13(3)15/h5-11,13-16,25H,3-4,12,17-21H2,1-2H3;10-12H,4-9H2,1-3H3/b23-11-;12-11-,14-10-. The SMILES string of the molecule is CC/C=C(/CCC)N(c1ccccc1)C1CCN(CCc2ccccc2)C1.CCCC/C=C(\C=C/C(C)=O)CCCC. The van der Waals surface area contributed by atoms with E-state index in [0.29, 0.717) is 6.04 Å². The van der Waals surface area contributed by atoms with E-state index in [1.165, 1.54) is 67.6 Å². The largest absolute Gasteiger partial charge is 0.341 e. The lowest BCUT2D eigenvalue weighted by Crippen LogP contribution is -2.37. The van der Waals surface area contributed by atoms with Gasteiger partial charge in [-0.2, -0.15) is 0 Å². The molecular formula is C39H58N2O. The van der Waals surface area contributed by atoms with Crippen molar-refractivity contribution in [3.8, 4) is 0 Å². The fraction of sp³-hybridized carbons (Fsp3) is 0.513. The van der Waals surface area contributed by atoms with Gasteiger partial charge in [0.25, 0.3) is 0 Å². The smallest absolute Gasteiger partial charge is 0.152 e. The molecule has 2 aromatic carbocycles. The lowest BCUT2D eigenvalue weighted by atomic mass is 10.1. The normalized spacial score (nSPS) is 16.0. The van der Waals surface area contributed by atoms with Crippen LogP contribution in [-0.4, -0.2) is 36.4 Å². The van der Waals surface area contributed by atoms with E-state index in [1.807, 2.05) is 6.08 Å². The van der Waals surface area contributed by atoms with Gasteiger partial charge in [-0.1, -0.05) is 126 Å². The number of unbranched alkanes of at least 4 members (excludes halogenated alkanes) is 3. The molecule has 0 aliphatic carbocycles. The van der Waals surface area contributed by atoms with Crippen molar-refractivity contribution in [2.75, 3.05) is 24.5 Å². The van der Waals surface area contributed by atoms with Crippen molar-refractivity contribution in [3.63, 3.8) is 0 Å². The van der Waals surface area contributed by atoms with Gasteiger partial charge >= 0.3 is 0 Å². The molecule has 1 saturated heterocycles. The number of allylic oxidation sites excluding steroid dienone is 6. The number of anilines is 1. The average molecular weight is 571 g/mol. The van der Waals surface area contributed by atoms with Gasteiger partial charge in [0.15, 0.2) is 5.78 Å². The molecule has 1 fully saturated rings. The van der Waals surface area contributed by atoms with E-state index in [9.17, 15) is 4.79 Å². The van der Waals surface area contributed by atoms with E-state index in [0.717, 1.165) is 45.2 Å². The number of rotatable bonds is 17. The van der Waals surface area contributed by atoms with E-state index in [4.69, 9.17) is 0 Å². The van der Waals surface area contributed by atoms with Gasteiger partial charge in [-0.3, -0.25) is 4.79 Å². The Morgan fingerprint density at radius 3 is 2.17 bits per heavy atom. The number of carbonyl (C=O) groups excluding carboxylic acids is 1. The summed E-state index contributed by atoms with van der Waals surface area (Å²) in [5.74, 6) is 0.132. The van der Waals surface area contributed by atoms with E-state index in [1.54, 1.807) is 13.0 Å². The van der Waals surface area contributed by atoms with Gasteiger partial charge in [-0.25, -0.2) is 0 Å². The minimum absolute atomic E-state index is 0.132. The van der Waals surface area contributed by atoms with Crippen LogP contribution in [0.1, 0.15) is 104 Å². The molecule has 0 saturated carbocycles. The van der Waals surface area contributed by atoms with Crippen LogP contribution in [0.25, 0.3) is 0 Å². The van der Waals surface area contributed by atoms with Gasteiger partial charge < -0.3 is 9.80 Å². The molecule has 0 aromatic heterocycles. The Bertz CT molecular complexity index is 1070. The topological polar surface area (TPSA) is 23.6 Å². The zero-order valence-electron chi connectivity index (χ0n) is 27.4. The molecule has 42 heavy (non-hydrogen) atoms. The van der Waals surface area contributed by atoms with Crippen LogP contribution in [0, 0.1) is 0 Å². The molecule has 3 rings (SSSR count). The number of benzene rings is 2. The van der Waals surface area contributed by atoms with Crippen LogP contribution >= 0.6 is 0 Å². The van der Waals surface area contributed by atoms with E-state index in [2.05, 4.69) is 110 Å². The highest BCUT2D eigenvalue weighted by atomic mass is 16.1. The first-order valence-electron chi connectivity index (χ1n) is 16.7. The molecule has 1 heterocycles. The summed E-state index contributed by atoms with van der Waals surface area (Å²) in [6, 6.07) is 22.4. The third-order valence-corrected chi connectivity index (χ3v) is 7.78. The maximum absolute atomic E-state index is 10.8. The number of nitrogens with zero attached hydrogens (tertiary/aromatic N) is 2. The van der Waals surface area contributed by atoms with Crippen molar-refractivity contribution in [3.05, 3.63) is 102 Å². The zero-order valence-corrected chi connectivity index (χ0v) is 27.4. The highest BCUT2D eigenvalue weighted by Crippen LogP contribution is 2.29. The van der Waals surface area contributed by atoms with Crippen molar-refractivity contribution >= 4 is 11.5 Å². The van der Waals surface area contributed by atoms with E-state index in [-0.39, 0.29) is 5.78 Å². The number of para-hydroxylation sites is 1. The first kappa shape index (κ1) is 35.3. The van der Waals surface area contributed by atoms with Gasteiger partial charge in [-0.05, 0) is 75.6 Å². The second kappa shape index (κ2) is 21.7. The Morgan fingerprint density at radius 2 is 1.55 bits per heavy atom. The second-order valence-electron chi connectivity index (χ2n) is 11.5. The summed E-state index contributed by atoms with van der Waals surface area (Å²) in [6.07, 6.45) is 21.3. The minimum atomic E-state index is 0.132. The molecule has 1 atom stereocenters. The molecule has 230 valence electrons. The quantitative estimate of drug-likeness (QED) is 0.107. The molecule has 0 amide bonds. The molecule has 3 heteroatoms. The van der Waals surface area contributed by atoms with Crippen molar-refractivity contribution in [1.82, 2.24) is 4.90 Å². The number of likely N-dealkylation sites (tertiary alicyclic amines) is 1. The summed E-state index contributed by atoms with van der Waals surface area (Å²) in [7, 11) is 0. The van der Waals surface area contributed by atoms with Crippen LogP contribution in [0.4, 0.5) is 5.69 Å². The Balaban J connectivity index is 0.000000351. The third-order valence-electron chi connectivity index (χ3n) is 7.78. The van der Waals surface area contributed by atoms with Crippen LogP contribution in [0.2, 0.25) is 0 Å². The minimum Gasteiger partial charge on any atom is -0.341 e. The van der Waals surface area contributed by atoms with Gasteiger partial charge in [0.2, 0.25) is 0 Å². The molecule has 2 aromatic rings. The van der Waals surface area contributed by atoms with Crippen molar-refractivity contribution in [1.29, 1.82) is 0 Å². The van der Waals surface area contributed by atoms with Crippen molar-refractivity contribution < 1.29 is 4.79 Å². The van der Waals surface area contributed by atoms with Crippen LogP contribution < -0.4 is 4.90 Å². The van der Waals surface area contributed by atoms with Crippen LogP contribution in [0.15, 0.2) is 96.2 Å². The maximum atomic E-state index is 10.8. The zero-order chi connectivity index (χ0) is 30.4. The van der Waals surface area contributed by atoms with Crippen molar-refractivity contribution in [2.24, 2.45) is 0 Å². The molecule has 0 spiro atoms. The summed E-state index contributed by atoms with van der Waals surface area (Å²) in [5, 5.41) is 0. The molecule has 1 aliphatic heterocycles. The van der Waals surface area contributed by atoms with E-state index >= 15 is 0 Å². The molecule has 3 nitrogen and oxygen atoms in total. The summed E-state index contributed by atoms with van der Waals surface area (Å²) >= 11 is 0. The lowest BCUT2D eigenvalue weighted by molar-refractivity contribution is -0.112. The summed E-state index contributed by atoms with van der Waals surface area (Å²) < 4.78 is 0. The fourth-order valence-electron chi connectivity index (χ4n) is 5.52. The van der Waals surface area contributed by atoms with Crippen LogP contribution in [-0.2, 0) is 11.2 Å². The number of hydrogen-bond donors (Lipinski definition) is 0. The monoisotopic (exact) mass is 570 g/mol. The van der Waals surface area contributed by atoms with Crippen molar-refractivity contribution in [2.45, 2.75) is 111 Å². The molecule has 0 N–H and O–H groups in total. The first-order chi connectivity index (χ1) is 20.5. The third kappa shape index (κ3) is 13.8. The summed E-state index contributed by atoms with van der Waals surface area (Å²) in [4.78, 5) is 16.1. The highest BCUT2D eigenvalue weighted by Gasteiger charge is 2.29. The predicted molar refractivity (Wildman–Crippen MR) is 184 cm³/mol. The molecule has 0 radical (unpaired) electrons. The molecular weight excluding hydrogens is 512 g/mol. The Labute approximate surface area is 258 Å². The lowest BCUT2D eigenvalue weighted by Gasteiger charge is -2.34. The summed E-state index contributed by atoms with van der Waals surface area (Å²) in [5.41, 5.74) is 5.61. The Kier molecular flexibility index (Phi) is 18.3. The highest BCUT2D eigenvalue weighted by molar-refractivity contribution is 5.87. The van der Waals surface area contributed by atoms with Crippen LogP contribution in [0.5, 0.6) is 0 Å². The van der Waals surface area contributed by atoms with Gasteiger partial charge in [0.1, 0.15) is 0 Å². The second-order valence-corrected chi connectivity index (χ2v) is 11.5. The maximum Gasteiger partial charge on any atom is 0.152 e. The number of carbonyl (C=O) groups is 1. The molecule has 1 unspecified atom stereocenters. The average Bonchev–Trinajstić information content (AvgIpc) is 3.47. The molecule has 1 aliphatic rings. The van der Waals surface area contributed by atoms with Crippen LogP contribution in [0.3, 0.4) is 0 Å². The number of ketones is 1. The number of hydrogen-bond acceptors (Lipinski definition) is 3. The predicted octanol–water partition coefficient (Wildman–Crippen LogP) is 10.3. The van der Waals surface area contributed by atoms with Gasteiger partial charge in [0, 0.05) is 37.1 Å². The fourth-order valence-corrected chi connectivity index (χ4v) is 5.52. The Hall–Kier alpha value is -2.91. The molecule has 0 bridgehead atoms. The Morgan fingerprint density at radius 1 is 0.857 bits per heavy atom. The van der Waals surface area contributed by atoms with Gasteiger partial charge in [0.05, 0.1) is 0 Å². The van der Waals surface area contributed by atoms with Gasteiger partial charge in [-0.15, -0.1) is 0 Å². The first-order valence-corrected chi connectivity index (χ1v) is 16.7. The summed E-state index contributed by atoms with van der Waals surface area (Å²) in [6.45, 7) is 14.0.